The van der Waals surface area contributed by atoms with Crippen molar-refractivity contribution in [2.24, 2.45) is 11.1 Å². The SMILES string of the molecule is C[C@H]1OCC2(CCN(c3cnc(Sc4cccc(NC(=O)CCC(=O)N5CCN(C(=O)CCOCCOCCOCCNc6cccc7cnn(C8CCC(=O)NC8=O)c(=O)c67)CC5)c4Cl)c(N)n3)CC2)[C@H]1N. The summed E-state index contributed by atoms with van der Waals surface area (Å²) in [6.07, 6.45) is 5.61. The van der Waals surface area contributed by atoms with E-state index < -0.39 is 17.5 Å². The van der Waals surface area contributed by atoms with E-state index in [1.165, 1.54) is 18.0 Å². The third kappa shape index (κ3) is 13.2. The molecule has 1 spiro atoms. The smallest absolute Gasteiger partial charge is 0.277 e. The van der Waals surface area contributed by atoms with Crippen LogP contribution >= 0.6 is 23.4 Å². The largest absolute Gasteiger partial charge is 0.382 e. The van der Waals surface area contributed by atoms with Crippen molar-refractivity contribution in [3.8, 4) is 0 Å². The number of nitrogens with one attached hydrogen (secondary N) is 3. The lowest BCUT2D eigenvalue weighted by Gasteiger charge is -2.41. The Morgan fingerprint density at radius 3 is 2.23 bits per heavy atom. The molecule has 2 aromatic carbocycles. The van der Waals surface area contributed by atoms with Gasteiger partial charge in [-0.25, -0.2) is 14.6 Å². The number of nitrogens with two attached hydrogens (primary N) is 2. The van der Waals surface area contributed by atoms with Crippen molar-refractivity contribution in [3.05, 3.63) is 64.2 Å². The molecule has 6 heterocycles. The number of carbonyl (C=O) groups excluding carboxylic acids is 5. The Morgan fingerprint density at radius 1 is 0.877 bits per heavy atom. The number of amides is 5. The fraction of sp³-hybridized carbons (Fsp3) is 0.531. The predicted molar refractivity (Wildman–Crippen MR) is 273 cm³/mol. The maximum absolute atomic E-state index is 13.4. The molecule has 4 saturated heterocycles. The number of piperidine rings is 2. The van der Waals surface area contributed by atoms with Gasteiger partial charge in [0, 0.05) is 92.5 Å². The normalized spacial score (nSPS) is 19.9. The molecule has 0 radical (unpaired) electrons. The van der Waals surface area contributed by atoms with Gasteiger partial charge in [-0.3, -0.25) is 34.1 Å². The zero-order chi connectivity index (χ0) is 51.5. The highest BCUT2D eigenvalue weighted by atomic mass is 35.5. The minimum absolute atomic E-state index is 0.00659. The first kappa shape index (κ1) is 53.3. The molecule has 3 atom stereocenters. The molecule has 4 fully saturated rings. The van der Waals surface area contributed by atoms with Gasteiger partial charge in [-0.1, -0.05) is 41.6 Å². The van der Waals surface area contributed by atoms with Crippen LogP contribution in [0.5, 0.6) is 0 Å². The number of piperazine rings is 1. The molecular formula is C49H63ClN12O10S. The Morgan fingerprint density at radius 2 is 1.55 bits per heavy atom. The summed E-state index contributed by atoms with van der Waals surface area (Å²) in [4.78, 5) is 91.7. The van der Waals surface area contributed by atoms with Gasteiger partial charge in [0.05, 0.1) is 87.3 Å². The van der Waals surface area contributed by atoms with Crippen LogP contribution in [0.1, 0.15) is 57.9 Å². The molecule has 4 aromatic rings. The van der Waals surface area contributed by atoms with E-state index in [0.717, 1.165) is 30.6 Å². The Kier molecular flexibility index (Phi) is 18.2. The van der Waals surface area contributed by atoms with Crippen molar-refractivity contribution in [2.75, 3.05) is 113 Å². The number of aromatic nitrogens is 4. The van der Waals surface area contributed by atoms with Gasteiger partial charge in [-0.05, 0) is 44.4 Å². The number of fused-ring (bicyclic) bond motifs is 1. The molecule has 0 saturated carbocycles. The molecule has 4 aliphatic heterocycles. The predicted octanol–water partition coefficient (Wildman–Crippen LogP) is 2.83. The average Bonchev–Trinajstić information content (AvgIpc) is 3.66. The van der Waals surface area contributed by atoms with Gasteiger partial charge < -0.3 is 55.7 Å². The van der Waals surface area contributed by atoms with Gasteiger partial charge in [0.25, 0.3) is 11.5 Å². The van der Waals surface area contributed by atoms with Crippen molar-refractivity contribution in [1.82, 2.24) is 34.9 Å². The van der Waals surface area contributed by atoms with Crippen LogP contribution in [0.2, 0.25) is 5.02 Å². The van der Waals surface area contributed by atoms with Gasteiger partial charge in [-0.15, -0.1) is 0 Å². The van der Waals surface area contributed by atoms with Crippen LogP contribution in [-0.4, -0.2) is 163 Å². The van der Waals surface area contributed by atoms with Crippen LogP contribution in [0, 0.1) is 5.41 Å². The summed E-state index contributed by atoms with van der Waals surface area (Å²) in [6, 6.07) is 9.76. The summed E-state index contributed by atoms with van der Waals surface area (Å²) < 4.78 is 23.9. The van der Waals surface area contributed by atoms with E-state index in [2.05, 4.69) is 35.9 Å². The molecule has 0 bridgehead atoms. The maximum Gasteiger partial charge on any atom is 0.277 e. The van der Waals surface area contributed by atoms with E-state index in [-0.39, 0.29) is 85.7 Å². The van der Waals surface area contributed by atoms with Gasteiger partial charge in [0.1, 0.15) is 16.9 Å². The Balaban J connectivity index is 0.656. The molecule has 2 aromatic heterocycles. The lowest BCUT2D eigenvalue weighted by Crippen LogP contribution is -2.50. The number of benzene rings is 2. The van der Waals surface area contributed by atoms with Crippen molar-refractivity contribution in [3.63, 3.8) is 0 Å². The van der Waals surface area contributed by atoms with Crippen molar-refractivity contribution >= 4 is 86.7 Å². The van der Waals surface area contributed by atoms with E-state index in [9.17, 15) is 28.8 Å². The first-order chi connectivity index (χ1) is 35.3. The van der Waals surface area contributed by atoms with E-state index >= 15 is 0 Å². The summed E-state index contributed by atoms with van der Waals surface area (Å²) in [5.41, 5.74) is 13.4. The van der Waals surface area contributed by atoms with Crippen LogP contribution in [0.4, 0.5) is 23.0 Å². The van der Waals surface area contributed by atoms with Crippen LogP contribution in [0.25, 0.3) is 10.8 Å². The lowest BCUT2D eigenvalue weighted by atomic mass is 9.73. The molecule has 24 heteroatoms. The summed E-state index contributed by atoms with van der Waals surface area (Å²) in [7, 11) is 0. The van der Waals surface area contributed by atoms with Gasteiger partial charge in [0.15, 0.2) is 5.82 Å². The number of nitrogens with zero attached hydrogens (tertiary/aromatic N) is 7. The van der Waals surface area contributed by atoms with Gasteiger partial charge >= 0.3 is 0 Å². The number of imide groups is 1. The molecule has 4 aliphatic rings. The number of anilines is 4. The summed E-state index contributed by atoms with van der Waals surface area (Å²) in [5, 5.41) is 14.3. The standard InChI is InChI=1S/C49H63ClN12O10S/c1-31-44(51)49(30-72-31)13-16-59(17-14-49)37-29-54-47(45(52)57-37)73-36-7-3-6-34(43(36)50)56-38(63)10-11-40(65)60-18-20-61(21-19-60)41(66)12-22-69-24-26-71-27-25-70-23-15-53-33-5-2-4-32-28-55-62(48(68)42(32)33)35-8-9-39(64)58-46(35)67/h2-7,28-29,31,35,44,53H,8-27,30,51H2,1H3,(H2,52,57)(H,56,63)(H,58,64,67)/t31-,35?,44+/m1/s1. The Bertz CT molecular complexity index is 2700. The number of rotatable bonds is 21. The topological polar surface area (TPSA) is 281 Å². The second-order valence-electron chi connectivity index (χ2n) is 18.5. The second-order valence-corrected chi connectivity index (χ2v) is 19.9. The minimum Gasteiger partial charge on any atom is -0.382 e. The molecule has 1 unspecified atom stereocenters. The Hall–Kier alpha value is -5.95. The van der Waals surface area contributed by atoms with Crippen LogP contribution in [-0.2, 0) is 42.9 Å². The fourth-order valence-corrected chi connectivity index (χ4v) is 10.6. The number of carbonyl (C=O) groups is 5. The number of halogens is 1. The molecule has 392 valence electrons. The molecule has 22 nitrogen and oxygen atoms in total. The quantitative estimate of drug-likeness (QED) is 0.0593. The molecule has 7 N–H and O–H groups in total. The summed E-state index contributed by atoms with van der Waals surface area (Å²) in [5.74, 6) is -0.535. The highest BCUT2D eigenvalue weighted by Crippen LogP contribution is 2.43. The van der Waals surface area contributed by atoms with E-state index in [1.807, 2.05) is 6.92 Å². The second kappa shape index (κ2) is 24.9. The average molecular weight is 1050 g/mol. The zero-order valence-electron chi connectivity index (χ0n) is 40.9. The first-order valence-corrected chi connectivity index (χ1v) is 25.9. The van der Waals surface area contributed by atoms with Gasteiger partial charge in [-0.2, -0.15) is 5.10 Å². The molecule has 5 amide bonds. The number of nitrogen functional groups attached to an aromatic ring is 1. The third-order valence-corrected chi connectivity index (χ3v) is 15.4. The van der Waals surface area contributed by atoms with Crippen LogP contribution in [0.15, 0.2) is 63.5 Å². The number of hydrogen-bond donors (Lipinski definition) is 5. The number of ether oxygens (including phenoxy) is 4. The highest BCUT2D eigenvalue weighted by molar-refractivity contribution is 7.99. The molecule has 0 aliphatic carbocycles. The molecular weight excluding hydrogens is 984 g/mol. The van der Waals surface area contributed by atoms with Gasteiger partial charge in [0.2, 0.25) is 23.6 Å². The third-order valence-electron chi connectivity index (χ3n) is 13.8. The molecule has 73 heavy (non-hydrogen) atoms. The fourth-order valence-electron chi connectivity index (χ4n) is 9.46. The number of hydrogen-bond acceptors (Lipinski definition) is 18. The first-order valence-electron chi connectivity index (χ1n) is 24.7. The van der Waals surface area contributed by atoms with E-state index in [0.29, 0.717) is 115 Å². The maximum atomic E-state index is 13.4. The Labute approximate surface area is 431 Å². The monoisotopic (exact) mass is 1050 g/mol. The van der Waals surface area contributed by atoms with Crippen molar-refractivity contribution < 1.29 is 42.9 Å². The van der Waals surface area contributed by atoms with Crippen molar-refractivity contribution in [2.45, 2.75) is 80.0 Å². The zero-order valence-corrected chi connectivity index (χ0v) is 42.4. The van der Waals surface area contributed by atoms with Crippen molar-refractivity contribution in [1.29, 1.82) is 0 Å². The van der Waals surface area contributed by atoms with E-state index in [4.69, 9.17) is 42.0 Å². The minimum atomic E-state index is -0.856. The van der Waals surface area contributed by atoms with E-state index in [1.54, 1.807) is 52.4 Å². The summed E-state index contributed by atoms with van der Waals surface area (Å²) >= 11 is 8.00. The van der Waals surface area contributed by atoms with Crippen LogP contribution in [0.3, 0.4) is 0 Å². The van der Waals surface area contributed by atoms with Crippen LogP contribution < -0.4 is 37.9 Å². The highest BCUT2D eigenvalue weighted by Gasteiger charge is 2.47. The molecule has 8 rings (SSSR count). The summed E-state index contributed by atoms with van der Waals surface area (Å²) in [6.45, 7) is 8.08. The lowest BCUT2D eigenvalue weighted by molar-refractivity contribution is -0.140.